The van der Waals surface area contributed by atoms with Crippen LogP contribution in [0.3, 0.4) is 0 Å². The van der Waals surface area contributed by atoms with Crippen molar-refractivity contribution in [3.63, 3.8) is 0 Å². The first-order valence-corrected chi connectivity index (χ1v) is 5.25. The average molecular weight is 227 g/mol. The topological polar surface area (TPSA) is 55.1 Å². The number of carbonyl (C=O) groups is 1. The van der Waals surface area contributed by atoms with Gasteiger partial charge in [-0.25, -0.2) is 0 Å². The van der Waals surface area contributed by atoms with E-state index < -0.39 is 0 Å². The molecule has 0 saturated heterocycles. The van der Waals surface area contributed by atoms with E-state index in [-0.39, 0.29) is 11.8 Å². The van der Waals surface area contributed by atoms with E-state index in [0.717, 1.165) is 5.69 Å². The largest absolute Gasteiger partial charge is 0.330 e. The zero-order valence-corrected chi connectivity index (χ0v) is 9.42. The number of hydrogen-bond donors (Lipinski definition) is 2. The van der Waals surface area contributed by atoms with Crippen LogP contribution < -0.4 is 11.1 Å². The van der Waals surface area contributed by atoms with Crippen LogP contribution >= 0.6 is 11.6 Å². The lowest BCUT2D eigenvalue weighted by molar-refractivity contribution is -0.116. The molecule has 15 heavy (non-hydrogen) atoms. The molecule has 0 aliphatic rings. The molecule has 0 spiro atoms. The third-order valence-corrected chi connectivity index (χ3v) is 2.32. The zero-order valence-electron chi connectivity index (χ0n) is 8.66. The molecular weight excluding hydrogens is 212 g/mol. The molecule has 4 heteroatoms. The lowest BCUT2D eigenvalue weighted by Crippen LogP contribution is -2.19. The van der Waals surface area contributed by atoms with Crippen molar-refractivity contribution in [2.75, 3.05) is 11.9 Å². The molecule has 0 aliphatic carbocycles. The van der Waals surface area contributed by atoms with Crippen LogP contribution in [0, 0.1) is 5.92 Å². The highest BCUT2D eigenvalue weighted by Gasteiger charge is 2.07. The molecule has 0 heterocycles. The number of amides is 1. The summed E-state index contributed by atoms with van der Waals surface area (Å²) in [5.74, 6) is 0.188. The normalized spacial score (nSPS) is 12.2. The lowest BCUT2D eigenvalue weighted by atomic mass is 10.1. The van der Waals surface area contributed by atoms with E-state index in [4.69, 9.17) is 17.3 Å². The van der Waals surface area contributed by atoms with Gasteiger partial charge in [0.05, 0.1) is 0 Å². The lowest BCUT2D eigenvalue weighted by Gasteiger charge is -2.08. The second kappa shape index (κ2) is 5.73. The van der Waals surface area contributed by atoms with Crippen LogP contribution in [0.5, 0.6) is 0 Å². The smallest absolute Gasteiger partial charge is 0.224 e. The van der Waals surface area contributed by atoms with Crippen LogP contribution in [-0.4, -0.2) is 12.5 Å². The Morgan fingerprint density at radius 1 is 1.47 bits per heavy atom. The summed E-state index contributed by atoms with van der Waals surface area (Å²) in [5, 5.41) is 3.44. The van der Waals surface area contributed by atoms with Gasteiger partial charge in [0.25, 0.3) is 0 Å². The number of nitrogens with two attached hydrogens (primary N) is 1. The zero-order chi connectivity index (χ0) is 11.3. The minimum absolute atomic E-state index is 0.0183. The van der Waals surface area contributed by atoms with Gasteiger partial charge in [-0.2, -0.15) is 0 Å². The molecule has 1 rings (SSSR count). The van der Waals surface area contributed by atoms with Gasteiger partial charge in [-0.15, -0.1) is 0 Å². The Morgan fingerprint density at radius 2 is 2.07 bits per heavy atom. The third kappa shape index (κ3) is 4.32. The second-order valence-electron chi connectivity index (χ2n) is 3.60. The van der Waals surface area contributed by atoms with E-state index in [2.05, 4.69) is 5.32 Å². The van der Waals surface area contributed by atoms with Gasteiger partial charge >= 0.3 is 0 Å². The molecule has 1 amide bonds. The number of rotatable bonds is 4. The Labute approximate surface area is 94.6 Å². The molecule has 1 unspecified atom stereocenters. The minimum Gasteiger partial charge on any atom is -0.330 e. The van der Waals surface area contributed by atoms with E-state index in [0.29, 0.717) is 18.0 Å². The molecule has 1 aromatic rings. The summed E-state index contributed by atoms with van der Waals surface area (Å²) in [6.45, 7) is 2.47. The van der Waals surface area contributed by atoms with Gasteiger partial charge in [-0.05, 0) is 36.7 Å². The second-order valence-corrected chi connectivity index (χ2v) is 4.04. The van der Waals surface area contributed by atoms with Crippen molar-refractivity contribution >= 4 is 23.2 Å². The molecule has 82 valence electrons. The maximum Gasteiger partial charge on any atom is 0.224 e. The highest BCUT2D eigenvalue weighted by molar-refractivity contribution is 6.30. The number of anilines is 1. The number of hydrogen-bond acceptors (Lipinski definition) is 2. The van der Waals surface area contributed by atoms with Crippen LogP contribution in [0.1, 0.15) is 13.3 Å². The Bertz CT molecular complexity index is 324. The van der Waals surface area contributed by atoms with Crippen LogP contribution in [0.15, 0.2) is 24.3 Å². The monoisotopic (exact) mass is 226 g/mol. The highest BCUT2D eigenvalue weighted by Crippen LogP contribution is 2.14. The highest BCUT2D eigenvalue weighted by atomic mass is 35.5. The van der Waals surface area contributed by atoms with Crippen LogP contribution in [0.2, 0.25) is 5.02 Å². The standard InChI is InChI=1S/C11H15ClN2O/c1-8(7-13)6-11(15)14-10-4-2-9(12)3-5-10/h2-5,8H,6-7,13H2,1H3,(H,14,15). The van der Waals surface area contributed by atoms with Crippen molar-refractivity contribution < 1.29 is 4.79 Å². The van der Waals surface area contributed by atoms with Crippen molar-refractivity contribution in [2.24, 2.45) is 11.7 Å². The van der Waals surface area contributed by atoms with Gasteiger partial charge in [-0.3, -0.25) is 4.79 Å². The third-order valence-electron chi connectivity index (χ3n) is 2.06. The van der Waals surface area contributed by atoms with E-state index in [1.807, 2.05) is 6.92 Å². The van der Waals surface area contributed by atoms with Gasteiger partial charge in [0.2, 0.25) is 5.91 Å². The molecule has 0 bridgehead atoms. The SMILES string of the molecule is CC(CN)CC(=O)Nc1ccc(Cl)cc1. The average Bonchev–Trinajstić information content (AvgIpc) is 2.21. The molecule has 0 fully saturated rings. The summed E-state index contributed by atoms with van der Waals surface area (Å²) in [6.07, 6.45) is 0.444. The molecule has 0 saturated carbocycles. The molecule has 0 radical (unpaired) electrons. The molecule has 3 nitrogen and oxygen atoms in total. The van der Waals surface area contributed by atoms with Crippen LogP contribution in [-0.2, 0) is 4.79 Å². The first-order chi connectivity index (χ1) is 7.11. The van der Waals surface area contributed by atoms with E-state index in [1.54, 1.807) is 24.3 Å². The fourth-order valence-electron chi connectivity index (χ4n) is 1.15. The quantitative estimate of drug-likeness (QED) is 0.828. The predicted molar refractivity (Wildman–Crippen MR) is 62.9 cm³/mol. The maximum atomic E-state index is 11.5. The Morgan fingerprint density at radius 3 is 2.60 bits per heavy atom. The summed E-state index contributed by atoms with van der Waals surface area (Å²) in [7, 11) is 0. The predicted octanol–water partition coefficient (Wildman–Crippen LogP) is 2.26. The van der Waals surface area contributed by atoms with Crippen LogP contribution in [0.25, 0.3) is 0 Å². The number of carbonyl (C=O) groups excluding carboxylic acids is 1. The van der Waals surface area contributed by atoms with E-state index >= 15 is 0 Å². The molecule has 1 atom stereocenters. The van der Waals surface area contributed by atoms with Gasteiger partial charge < -0.3 is 11.1 Å². The summed E-state index contributed by atoms with van der Waals surface area (Å²) in [5.41, 5.74) is 6.19. The van der Waals surface area contributed by atoms with Gasteiger partial charge in [0.1, 0.15) is 0 Å². The van der Waals surface area contributed by atoms with E-state index in [1.165, 1.54) is 0 Å². The fourth-order valence-corrected chi connectivity index (χ4v) is 1.27. The molecule has 0 aliphatic heterocycles. The first-order valence-electron chi connectivity index (χ1n) is 4.87. The number of benzene rings is 1. The van der Waals surface area contributed by atoms with Gasteiger partial charge in [0, 0.05) is 17.1 Å². The summed E-state index contributed by atoms with van der Waals surface area (Å²) >= 11 is 5.73. The van der Waals surface area contributed by atoms with Crippen LogP contribution in [0.4, 0.5) is 5.69 Å². The Kier molecular flexibility index (Phi) is 4.59. The number of nitrogens with one attached hydrogen (secondary N) is 1. The maximum absolute atomic E-state index is 11.5. The van der Waals surface area contributed by atoms with Crippen molar-refractivity contribution in [3.05, 3.63) is 29.3 Å². The summed E-state index contributed by atoms with van der Waals surface area (Å²) < 4.78 is 0. The van der Waals surface area contributed by atoms with Crippen molar-refractivity contribution in [1.29, 1.82) is 0 Å². The molecular formula is C11H15ClN2O. The van der Waals surface area contributed by atoms with Gasteiger partial charge in [0.15, 0.2) is 0 Å². The summed E-state index contributed by atoms with van der Waals surface area (Å²) in [6, 6.07) is 7.02. The minimum atomic E-state index is -0.0183. The van der Waals surface area contributed by atoms with Crippen molar-refractivity contribution in [1.82, 2.24) is 0 Å². The van der Waals surface area contributed by atoms with Crippen molar-refractivity contribution in [3.8, 4) is 0 Å². The Balaban J connectivity index is 2.48. The van der Waals surface area contributed by atoms with E-state index in [9.17, 15) is 4.79 Å². The molecule has 0 aromatic heterocycles. The number of halogens is 1. The fraction of sp³-hybridized carbons (Fsp3) is 0.364. The van der Waals surface area contributed by atoms with Crippen molar-refractivity contribution in [2.45, 2.75) is 13.3 Å². The van der Waals surface area contributed by atoms with Gasteiger partial charge in [-0.1, -0.05) is 18.5 Å². The molecule has 3 N–H and O–H groups in total. The summed E-state index contributed by atoms with van der Waals surface area (Å²) in [4.78, 5) is 11.5. The first kappa shape index (κ1) is 12.0. The Hall–Kier alpha value is -1.06. The molecule has 1 aromatic carbocycles.